The molecule has 36 heavy (non-hydrogen) atoms. The van der Waals surface area contributed by atoms with Gasteiger partial charge in [-0.1, -0.05) is 13.5 Å². The highest BCUT2D eigenvalue weighted by Crippen LogP contribution is 2.38. The molecule has 2 amide bonds. The lowest BCUT2D eigenvalue weighted by molar-refractivity contribution is -0.147. The van der Waals surface area contributed by atoms with E-state index in [0.29, 0.717) is 17.2 Å². The zero-order valence-corrected chi connectivity index (χ0v) is 18.3. The van der Waals surface area contributed by atoms with Gasteiger partial charge in [0.2, 0.25) is 0 Å². The van der Waals surface area contributed by atoms with Gasteiger partial charge >= 0.3 is 6.18 Å². The predicted octanol–water partition coefficient (Wildman–Crippen LogP) is 4.51. The zero-order valence-electron chi connectivity index (χ0n) is 18.3. The summed E-state index contributed by atoms with van der Waals surface area (Å²) in [7, 11) is 0. The molecule has 0 radical (unpaired) electrons. The van der Waals surface area contributed by atoms with Gasteiger partial charge in [-0.05, 0) is 49.2 Å². The number of nitrogens with one attached hydrogen (secondary N) is 1. The molecule has 1 aromatic heterocycles. The first-order chi connectivity index (χ1) is 16.2. The summed E-state index contributed by atoms with van der Waals surface area (Å²) < 4.78 is 83.0. The van der Waals surface area contributed by atoms with Crippen molar-refractivity contribution < 1.29 is 35.9 Å². The van der Waals surface area contributed by atoms with Gasteiger partial charge < -0.3 is 16.8 Å². The molecule has 0 saturated carbocycles. The van der Waals surface area contributed by atoms with Crippen LogP contribution in [-0.2, 0) is 6.54 Å². The van der Waals surface area contributed by atoms with Crippen molar-refractivity contribution in [3.05, 3.63) is 75.9 Å². The van der Waals surface area contributed by atoms with E-state index in [2.05, 4.69) is 10.4 Å². The summed E-state index contributed by atoms with van der Waals surface area (Å²) in [5.74, 6) is -7.58. The fourth-order valence-electron chi connectivity index (χ4n) is 3.36. The predicted molar refractivity (Wildman–Crippen MR) is 120 cm³/mol. The highest BCUT2D eigenvalue weighted by Gasteiger charge is 2.41. The van der Waals surface area contributed by atoms with Gasteiger partial charge in [0.25, 0.3) is 11.8 Å². The van der Waals surface area contributed by atoms with Gasteiger partial charge in [0.15, 0.2) is 17.3 Å². The molecule has 0 aliphatic rings. The van der Waals surface area contributed by atoms with Crippen LogP contribution in [0.1, 0.15) is 57.9 Å². The van der Waals surface area contributed by atoms with Gasteiger partial charge in [0, 0.05) is 12.1 Å². The third kappa shape index (κ3) is 5.44. The molecule has 2 aromatic carbocycles. The van der Waals surface area contributed by atoms with E-state index in [0.717, 1.165) is 18.2 Å². The molecule has 1 atom stereocenters. The molecule has 0 saturated heterocycles. The number of nitrogens with two attached hydrogens (primary N) is 2. The van der Waals surface area contributed by atoms with Crippen molar-refractivity contribution in [1.29, 1.82) is 0 Å². The maximum atomic E-state index is 14.9. The monoisotopic (exact) mass is 515 g/mol. The average molecular weight is 515 g/mol. The number of anilines is 1. The minimum atomic E-state index is -4.80. The molecule has 0 spiro atoms. The van der Waals surface area contributed by atoms with Crippen molar-refractivity contribution in [2.75, 3.05) is 5.73 Å². The second-order valence-corrected chi connectivity index (χ2v) is 7.74. The van der Waals surface area contributed by atoms with Crippen molar-refractivity contribution >= 4 is 17.5 Å². The first-order valence-electron chi connectivity index (χ1n) is 9.99. The van der Waals surface area contributed by atoms with Crippen LogP contribution in [0.25, 0.3) is 5.69 Å². The topological polar surface area (TPSA) is 116 Å². The number of rotatable bonds is 6. The molecule has 3 rings (SSSR count). The van der Waals surface area contributed by atoms with E-state index in [-0.39, 0.29) is 25.1 Å². The molecule has 1 unspecified atom stereocenters. The number of primary amides is 1. The second-order valence-electron chi connectivity index (χ2n) is 7.74. The lowest BCUT2D eigenvalue weighted by Gasteiger charge is -2.13. The fourth-order valence-corrected chi connectivity index (χ4v) is 3.36. The molecular formula is C23H23F6N5O2. The molecule has 0 aliphatic carbocycles. The summed E-state index contributed by atoms with van der Waals surface area (Å²) in [6.07, 6.45) is -4.80. The number of halogens is 6. The highest BCUT2D eigenvalue weighted by molar-refractivity contribution is 5.97. The van der Waals surface area contributed by atoms with Crippen molar-refractivity contribution in [2.24, 2.45) is 5.73 Å². The number of hydrogen-bond donors (Lipinski definition) is 3. The third-order valence-electron chi connectivity index (χ3n) is 5.27. The Balaban J connectivity index is 0.00000456. The number of aryl methyl sites for hydroxylation is 1. The Hall–Kier alpha value is -4.03. The average Bonchev–Trinajstić information content (AvgIpc) is 3.08. The highest BCUT2D eigenvalue weighted by atomic mass is 19.4. The van der Waals surface area contributed by atoms with Gasteiger partial charge in [-0.25, -0.2) is 17.9 Å². The van der Waals surface area contributed by atoms with Crippen LogP contribution in [-0.4, -0.2) is 27.8 Å². The van der Waals surface area contributed by atoms with Crippen LogP contribution in [0.5, 0.6) is 0 Å². The largest absolute Gasteiger partial charge is 0.397 e. The summed E-state index contributed by atoms with van der Waals surface area (Å²) in [5.41, 5.74) is 7.83. The lowest BCUT2D eigenvalue weighted by atomic mass is 10.1. The smallest absolute Gasteiger partial charge is 0.395 e. The van der Waals surface area contributed by atoms with E-state index in [1.165, 1.54) is 12.1 Å². The Labute approximate surface area is 202 Å². The maximum Gasteiger partial charge on any atom is 0.397 e. The number of amides is 2. The van der Waals surface area contributed by atoms with Gasteiger partial charge in [0.05, 0.1) is 17.3 Å². The summed E-state index contributed by atoms with van der Waals surface area (Å²) in [5, 5.41) is 5.93. The van der Waals surface area contributed by atoms with E-state index >= 15 is 0 Å². The Morgan fingerprint density at radius 1 is 1.11 bits per heavy atom. The molecule has 0 aliphatic heterocycles. The molecule has 194 valence electrons. The normalized spacial score (nSPS) is 12.1. The number of nitrogen functional groups attached to an aromatic ring is 1. The second kappa shape index (κ2) is 10.3. The molecular weight excluding hydrogens is 492 g/mol. The third-order valence-corrected chi connectivity index (χ3v) is 5.27. The number of benzene rings is 2. The number of hydrogen-bond acceptors (Lipinski definition) is 4. The molecule has 13 heteroatoms. The van der Waals surface area contributed by atoms with Crippen LogP contribution in [0.4, 0.5) is 32.0 Å². The fraction of sp³-hybridized carbons (Fsp3) is 0.261. The molecule has 3 aromatic rings. The Morgan fingerprint density at radius 3 is 2.22 bits per heavy atom. The van der Waals surface area contributed by atoms with E-state index in [1.807, 2.05) is 0 Å². The maximum absolute atomic E-state index is 14.9. The quantitative estimate of drug-likeness (QED) is 0.419. The van der Waals surface area contributed by atoms with Crippen LogP contribution >= 0.6 is 0 Å². The number of carbonyl (C=O) groups excluding carboxylic acids is 2. The van der Waals surface area contributed by atoms with E-state index in [1.54, 1.807) is 6.92 Å². The molecule has 0 fully saturated rings. The van der Waals surface area contributed by atoms with Crippen LogP contribution in [0, 0.1) is 24.4 Å². The minimum absolute atomic E-state index is 0. The summed E-state index contributed by atoms with van der Waals surface area (Å²) in [4.78, 5) is 24.2. The summed E-state index contributed by atoms with van der Waals surface area (Å²) in [6.45, 7) is 1.91. The number of aromatic nitrogens is 2. The standard InChI is InChI=1S/C22H19F6N5O2.CH4/c1-9-3-4-12(23)7-13(9)21(35)31-8-11-5-14(24)18(15(25)6-11)33-19(20(30)34)16(29)17(32-33)10(2)22(26,27)28;/h3-7,10H,8,29H2,1-2H3,(H2,30,34)(H,31,35);1H4. The van der Waals surface area contributed by atoms with Crippen molar-refractivity contribution in [3.63, 3.8) is 0 Å². The van der Waals surface area contributed by atoms with E-state index in [4.69, 9.17) is 11.5 Å². The lowest BCUT2D eigenvalue weighted by Crippen LogP contribution is -2.24. The molecule has 0 bridgehead atoms. The van der Waals surface area contributed by atoms with Crippen molar-refractivity contribution in [3.8, 4) is 5.69 Å². The van der Waals surface area contributed by atoms with E-state index < -0.39 is 64.1 Å². The Bertz CT molecular complexity index is 1300. The first kappa shape index (κ1) is 28.2. The van der Waals surface area contributed by atoms with Gasteiger partial charge in [-0.3, -0.25) is 9.59 Å². The zero-order chi connectivity index (χ0) is 26.2. The number of alkyl halides is 3. The van der Waals surface area contributed by atoms with Crippen molar-refractivity contribution in [1.82, 2.24) is 15.1 Å². The first-order valence-corrected chi connectivity index (χ1v) is 9.99. The van der Waals surface area contributed by atoms with Gasteiger partial charge in [-0.15, -0.1) is 0 Å². The van der Waals surface area contributed by atoms with Crippen LogP contribution < -0.4 is 16.8 Å². The van der Waals surface area contributed by atoms with Crippen LogP contribution in [0.3, 0.4) is 0 Å². The molecule has 7 nitrogen and oxygen atoms in total. The minimum Gasteiger partial charge on any atom is -0.395 e. The SMILES string of the molecule is C.Cc1ccc(F)cc1C(=O)NCc1cc(F)c(-n2nc(C(C)C(F)(F)F)c(N)c2C(N)=O)c(F)c1. The summed E-state index contributed by atoms with van der Waals surface area (Å²) in [6, 6.07) is 5.12. The van der Waals surface area contributed by atoms with Crippen LogP contribution in [0.15, 0.2) is 30.3 Å². The molecule has 5 N–H and O–H groups in total. The Kier molecular flexibility index (Phi) is 8.07. The summed E-state index contributed by atoms with van der Waals surface area (Å²) >= 11 is 0. The number of carbonyl (C=O) groups is 2. The van der Waals surface area contributed by atoms with Gasteiger partial charge in [0.1, 0.15) is 11.5 Å². The number of nitrogens with zero attached hydrogens (tertiary/aromatic N) is 2. The van der Waals surface area contributed by atoms with E-state index in [9.17, 15) is 35.9 Å². The van der Waals surface area contributed by atoms with Crippen molar-refractivity contribution in [2.45, 2.75) is 39.9 Å². The Morgan fingerprint density at radius 2 is 1.69 bits per heavy atom. The van der Waals surface area contributed by atoms with Crippen LogP contribution in [0.2, 0.25) is 0 Å². The van der Waals surface area contributed by atoms with Gasteiger partial charge in [-0.2, -0.15) is 18.3 Å². The molecule has 1 heterocycles.